The van der Waals surface area contributed by atoms with E-state index in [0.717, 1.165) is 43.0 Å². The number of aromatic nitrogens is 4. The zero-order valence-corrected chi connectivity index (χ0v) is 13.5. The molecule has 0 aliphatic carbocycles. The lowest BCUT2D eigenvalue weighted by Crippen LogP contribution is -2.31. The second kappa shape index (κ2) is 6.87. The summed E-state index contributed by atoms with van der Waals surface area (Å²) in [6.45, 7) is 1.71. The van der Waals surface area contributed by atoms with Gasteiger partial charge in [0, 0.05) is 33.4 Å². The minimum Gasteiger partial charge on any atom is -0.375 e. The molecular weight excluding hydrogens is 294 g/mol. The van der Waals surface area contributed by atoms with Crippen molar-refractivity contribution < 1.29 is 9.53 Å². The molecule has 1 atom stereocenters. The summed E-state index contributed by atoms with van der Waals surface area (Å²) in [5.74, 6) is 0.483. The number of amides is 1. The first-order valence-corrected chi connectivity index (χ1v) is 7.71. The summed E-state index contributed by atoms with van der Waals surface area (Å²) in [7, 11) is 3.48. The Hall–Kier alpha value is -2.28. The van der Waals surface area contributed by atoms with Gasteiger partial charge in [0.1, 0.15) is 12.3 Å². The predicted molar refractivity (Wildman–Crippen MR) is 84.5 cm³/mol. The van der Waals surface area contributed by atoms with Gasteiger partial charge in [-0.3, -0.25) is 9.78 Å². The Bertz CT molecular complexity index is 685. The number of rotatable bonds is 5. The molecule has 1 saturated heterocycles. The van der Waals surface area contributed by atoms with Crippen LogP contribution in [0.5, 0.6) is 0 Å². The molecule has 122 valence electrons. The number of ether oxygens (including phenoxy) is 1. The van der Waals surface area contributed by atoms with Crippen LogP contribution in [0.1, 0.15) is 12.1 Å². The lowest BCUT2D eigenvalue weighted by molar-refractivity contribution is -0.134. The van der Waals surface area contributed by atoms with Crippen molar-refractivity contribution >= 4 is 5.91 Å². The first-order chi connectivity index (χ1) is 11.2. The van der Waals surface area contributed by atoms with Gasteiger partial charge in [0.2, 0.25) is 5.91 Å². The normalized spacial score (nSPS) is 17.7. The molecule has 1 unspecified atom stereocenters. The topological polar surface area (TPSA) is 73.1 Å². The number of hydrogen-bond donors (Lipinski definition) is 0. The van der Waals surface area contributed by atoms with E-state index in [1.165, 1.54) is 0 Å². The fourth-order valence-corrected chi connectivity index (χ4v) is 2.97. The molecule has 1 aliphatic rings. The number of methoxy groups -OCH3 is 1. The van der Waals surface area contributed by atoms with E-state index in [1.54, 1.807) is 32.0 Å². The molecule has 2 aromatic heterocycles. The Morgan fingerprint density at radius 1 is 1.35 bits per heavy atom. The Morgan fingerprint density at radius 2 is 2.22 bits per heavy atom. The van der Waals surface area contributed by atoms with Crippen molar-refractivity contribution in [1.29, 1.82) is 0 Å². The molecule has 0 radical (unpaired) electrons. The highest BCUT2D eigenvalue weighted by Crippen LogP contribution is 2.21. The molecule has 2 aromatic rings. The molecule has 7 heteroatoms. The van der Waals surface area contributed by atoms with E-state index in [1.807, 2.05) is 16.5 Å². The zero-order valence-electron chi connectivity index (χ0n) is 13.5. The maximum absolute atomic E-state index is 11.9. The zero-order chi connectivity index (χ0) is 16.2. The highest BCUT2D eigenvalue weighted by Gasteiger charge is 2.26. The van der Waals surface area contributed by atoms with Gasteiger partial charge in [-0.2, -0.15) is 0 Å². The van der Waals surface area contributed by atoms with Gasteiger partial charge in [0.25, 0.3) is 0 Å². The van der Waals surface area contributed by atoms with Gasteiger partial charge in [-0.05, 0) is 18.8 Å². The van der Waals surface area contributed by atoms with Crippen LogP contribution in [0.3, 0.4) is 0 Å². The highest BCUT2D eigenvalue weighted by atomic mass is 16.5. The van der Waals surface area contributed by atoms with E-state index >= 15 is 0 Å². The summed E-state index contributed by atoms with van der Waals surface area (Å²) < 4.78 is 6.84. The molecule has 0 aromatic carbocycles. The molecule has 1 fully saturated rings. The predicted octanol–water partition coefficient (Wildman–Crippen LogP) is 0.914. The molecular formula is C16H21N5O2. The lowest BCUT2D eigenvalue weighted by atomic mass is 10.0. The maximum Gasteiger partial charge on any atom is 0.248 e. The van der Waals surface area contributed by atoms with Crippen LogP contribution in [0.2, 0.25) is 0 Å². The number of likely N-dealkylation sites (tertiary alicyclic amines) is 1. The average molecular weight is 315 g/mol. The van der Waals surface area contributed by atoms with Gasteiger partial charge < -0.3 is 14.2 Å². The van der Waals surface area contributed by atoms with Crippen molar-refractivity contribution in [2.24, 2.45) is 13.0 Å². The van der Waals surface area contributed by atoms with E-state index in [0.29, 0.717) is 5.92 Å². The number of nitrogens with zero attached hydrogens (tertiary/aromatic N) is 5. The first kappa shape index (κ1) is 15.6. The van der Waals surface area contributed by atoms with Gasteiger partial charge in [0.05, 0.1) is 30.1 Å². The maximum atomic E-state index is 11.9. The van der Waals surface area contributed by atoms with Gasteiger partial charge in [-0.25, -0.2) is 9.97 Å². The van der Waals surface area contributed by atoms with Gasteiger partial charge >= 0.3 is 0 Å². The minimum atomic E-state index is 0.0599. The monoisotopic (exact) mass is 315 g/mol. The Labute approximate surface area is 135 Å². The highest BCUT2D eigenvalue weighted by molar-refractivity contribution is 5.77. The van der Waals surface area contributed by atoms with Crippen molar-refractivity contribution in [3.05, 3.63) is 30.6 Å². The number of aryl methyl sites for hydroxylation is 1. The number of carbonyl (C=O) groups is 1. The van der Waals surface area contributed by atoms with Crippen molar-refractivity contribution in [1.82, 2.24) is 24.4 Å². The number of hydrogen-bond acceptors (Lipinski definition) is 5. The third-order valence-corrected chi connectivity index (χ3v) is 4.17. The molecule has 3 heterocycles. The fourth-order valence-electron chi connectivity index (χ4n) is 2.97. The van der Waals surface area contributed by atoms with Crippen LogP contribution >= 0.6 is 0 Å². The van der Waals surface area contributed by atoms with E-state index in [4.69, 9.17) is 9.72 Å². The van der Waals surface area contributed by atoms with Gasteiger partial charge in [0.15, 0.2) is 0 Å². The van der Waals surface area contributed by atoms with Crippen molar-refractivity contribution in [3.8, 4) is 11.4 Å². The second-order valence-corrected chi connectivity index (χ2v) is 5.92. The Kier molecular flexibility index (Phi) is 4.66. The first-order valence-electron chi connectivity index (χ1n) is 7.71. The van der Waals surface area contributed by atoms with Crippen molar-refractivity contribution in [3.63, 3.8) is 0 Å². The summed E-state index contributed by atoms with van der Waals surface area (Å²) in [4.78, 5) is 26.8. The van der Waals surface area contributed by atoms with Crippen LogP contribution in [0, 0.1) is 5.92 Å². The minimum absolute atomic E-state index is 0.0599. The molecule has 0 saturated carbocycles. The SMILES string of the molecule is COCC(=O)N1CCC(Cc2cncc(-c3cncn3C)n2)C1. The van der Waals surface area contributed by atoms with Crippen LogP contribution in [0.15, 0.2) is 24.9 Å². The van der Waals surface area contributed by atoms with Crippen molar-refractivity contribution in [2.75, 3.05) is 26.8 Å². The molecule has 0 bridgehead atoms. The van der Waals surface area contributed by atoms with E-state index in [9.17, 15) is 4.79 Å². The van der Waals surface area contributed by atoms with E-state index in [-0.39, 0.29) is 12.5 Å². The largest absolute Gasteiger partial charge is 0.375 e. The quantitative estimate of drug-likeness (QED) is 0.820. The standard InChI is InChI=1S/C16H21N5O2/c1-20-11-18-8-15(20)14-7-17-6-13(19-14)5-12-3-4-21(9-12)16(22)10-23-2/h6-8,11-12H,3-5,9-10H2,1-2H3. The van der Waals surface area contributed by atoms with Crippen LogP contribution in [-0.2, 0) is 23.0 Å². The molecule has 0 spiro atoms. The summed E-state index contributed by atoms with van der Waals surface area (Å²) in [5.41, 5.74) is 2.73. The fraction of sp³-hybridized carbons (Fsp3) is 0.500. The Morgan fingerprint density at radius 3 is 2.96 bits per heavy atom. The summed E-state index contributed by atoms with van der Waals surface area (Å²) in [6, 6.07) is 0. The summed E-state index contributed by atoms with van der Waals surface area (Å²) >= 11 is 0. The van der Waals surface area contributed by atoms with Gasteiger partial charge in [-0.15, -0.1) is 0 Å². The van der Waals surface area contributed by atoms with E-state index < -0.39 is 0 Å². The van der Waals surface area contributed by atoms with Crippen LogP contribution in [-0.4, -0.2) is 57.1 Å². The van der Waals surface area contributed by atoms with Crippen LogP contribution in [0.25, 0.3) is 11.4 Å². The Balaban J connectivity index is 1.65. The third kappa shape index (κ3) is 3.56. The summed E-state index contributed by atoms with van der Waals surface area (Å²) in [6.07, 6.45) is 8.92. The second-order valence-electron chi connectivity index (χ2n) is 5.92. The lowest BCUT2D eigenvalue weighted by Gasteiger charge is -2.15. The summed E-state index contributed by atoms with van der Waals surface area (Å²) in [5, 5.41) is 0. The van der Waals surface area contributed by atoms with Crippen LogP contribution in [0.4, 0.5) is 0 Å². The molecule has 23 heavy (non-hydrogen) atoms. The average Bonchev–Trinajstić information content (AvgIpc) is 3.17. The van der Waals surface area contributed by atoms with E-state index in [2.05, 4.69) is 9.97 Å². The molecule has 3 rings (SSSR count). The molecule has 1 aliphatic heterocycles. The third-order valence-electron chi connectivity index (χ3n) is 4.17. The number of carbonyl (C=O) groups excluding carboxylic acids is 1. The van der Waals surface area contributed by atoms with Crippen LogP contribution < -0.4 is 0 Å². The molecule has 0 N–H and O–H groups in total. The van der Waals surface area contributed by atoms with Gasteiger partial charge in [-0.1, -0.05) is 0 Å². The smallest absolute Gasteiger partial charge is 0.248 e. The number of imidazole rings is 1. The molecule has 7 nitrogen and oxygen atoms in total. The molecule has 1 amide bonds. The van der Waals surface area contributed by atoms with Crippen molar-refractivity contribution in [2.45, 2.75) is 12.8 Å².